The van der Waals surface area contributed by atoms with E-state index in [1.165, 1.54) is 18.6 Å². The molecule has 0 bridgehead atoms. The van der Waals surface area contributed by atoms with Crippen molar-refractivity contribution in [3.8, 4) is 22.6 Å². The number of H-pyrrole nitrogens is 2. The van der Waals surface area contributed by atoms with Gasteiger partial charge in [0, 0.05) is 62.3 Å². The van der Waals surface area contributed by atoms with Crippen LogP contribution < -0.4 is 10.2 Å². The summed E-state index contributed by atoms with van der Waals surface area (Å²) in [6.07, 6.45) is 6.62. The molecule has 0 aromatic carbocycles. The molecule has 0 saturated carbocycles. The predicted molar refractivity (Wildman–Crippen MR) is 148 cm³/mol. The second-order valence-corrected chi connectivity index (χ2v) is 10.3. The fraction of sp³-hybridized carbons (Fsp3) is 0.333. The van der Waals surface area contributed by atoms with E-state index in [-0.39, 0.29) is 28.4 Å². The highest BCUT2D eigenvalue weighted by Crippen LogP contribution is 2.34. The van der Waals surface area contributed by atoms with Gasteiger partial charge in [0.25, 0.3) is 0 Å². The number of imidazole rings is 1. The van der Waals surface area contributed by atoms with Gasteiger partial charge in [-0.3, -0.25) is 14.9 Å². The van der Waals surface area contributed by atoms with E-state index in [2.05, 4.69) is 57.3 Å². The maximum absolute atomic E-state index is 16.1. The second-order valence-electron chi connectivity index (χ2n) is 10.3. The summed E-state index contributed by atoms with van der Waals surface area (Å²) >= 11 is 0. The summed E-state index contributed by atoms with van der Waals surface area (Å²) in [5.74, 6) is 0.0107. The maximum Gasteiger partial charge on any atom is 0.224 e. The molecule has 1 amide bonds. The highest BCUT2D eigenvalue weighted by atomic mass is 19.1. The number of pyridine rings is 3. The molecule has 0 aliphatic carbocycles. The molecule has 0 radical (unpaired) electrons. The number of carbonyl (C=O) groups excluding carboxylic acids is 1. The van der Waals surface area contributed by atoms with Gasteiger partial charge in [0.2, 0.25) is 5.91 Å². The highest BCUT2D eigenvalue weighted by Gasteiger charge is 2.23. The van der Waals surface area contributed by atoms with Gasteiger partial charge >= 0.3 is 0 Å². The molecule has 0 atom stereocenters. The van der Waals surface area contributed by atoms with Crippen molar-refractivity contribution in [1.29, 1.82) is 0 Å². The molecule has 1 aliphatic heterocycles. The van der Waals surface area contributed by atoms with Crippen LogP contribution in [0.4, 0.5) is 15.8 Å². The predicted octanol–water partition coefficient (Wildman–Crippen LogP) is 3.83. The molecular weight excluding hydrogens is 499 g/mol. The third-order valence-corrected chi connectivity index (χ3v) is 6.90. The van der Waals surface area contributed by atoms with Gasteiger partial charge in [-0.25, -0.2) is 19.3 Å². The Balaban J connectivity index is 1.38. The van der Waals surface area contributed by atoms with E-state index in [4.69, 9.17) is 0 Å². The zero-order chi connectivity index (χ0) is 27.1. The van der Waals surface area contributed by atoms with Crippen LogP contribution in [0.5, 0.6) is 0 Å². The Hall–Kier alpha value is -4.45. The Kier molecular flexibility index (Phi) is 6.39. The molecule has 6 rings (SSSR count). The smallest absolute Gasteiger partial charge is 0.224 e. The summed E-state index contributed by atoms with van der Waals surface area (Å²) < 4.78 is 16.1. The van der Waals surface area contributed by atoms with Crippen molar-refractivity contribution < 1.29 is 9.18 Å². The van der Waals surface area contributed by atoms with Crippen LogP contribution in [-0.4, -0.2) is 79.2 Å². The van der Waals surface area contributed by atoms with Crippen LogP contribution in [0.1, 0.15) is 20.3 Å². The highest BCUT2D eigenvalue weighted by molar-refractivity contribution is 5.96. The summed E-state index contributed by atoms with van der Waals surface area (Å²) in [6.45, 7) is 7.66. The van der Waals surface area contributed by atoms with Crippen LogP contribution in [0.25, 0.3) is 44.8 Å². The molecule has 5 aromatic heterocycles. The number of fused-ring (bicyclic) bond motifs is 2. The Morgan fingerprint density at radius 2 is 1.95 bits per heavy atom. The lowest BCUT2D eigenvalue weighted by Gasteiger charge is -2.34. The number of aromatic nitrogens is 7. The van der Waals surface area contributed by atoms with Crippen LogP contribution in [0.3, 0.4) is 0 Å². The van der Waals surface area contributed by atoms with Crippen LogP contribution in [0.2, 0.25) is 0 Å². The lowest BCUT2D eigenvalue weighted by Crippen LogP contribution is -2.44. The number of rotatable bonds is 6. The molecule has 39 heavy (non-hydrogen) atoms. The van der Waals surface area contributed by atoms with Gasteiger partial charge in [-0.1, -0.05) is 13.8 Å². The van der Waals surface area contributed by atoms with Crippen molar-refractivity contribution >= 4 is 39.5 Å². The van der Waals surface area contributed by atoms with Crippen LogP contribution in [0.15, 0.2) is 36.9 Å². The van der Waals surface area contributed by atoms with Gasteiger partial charge in [0.05, 0.1) is 23.0 Å². The fourth-order valence-corrected chi connectivity index (χ4v) is 4.89. The van der Waals surface area contributed by atoms with E-state index in [0.717, 1.165) is 37.4 Å². The Morgan fingerprint density at radius 1 is 1.13 bits per heavy atom. The number of aromatic amines is 2. The number of nitrogens with one attached hydrogen (secondary N) is 3. The number of hydrogen-bond acceptors (Lipinski definition) is 8. The van der Waals surface area contributed by atoms with Crippen LogP contribution in [-0.2, 0) is 4.79 Å². The second kappa shape index (κ2) is 10.0. The lowest BCUT2D eigenvalue weighted by atomic mass is 10.1. The van der Waals surface area contributed by atoms with Crippen molar-refractivity contribution in [2.75, 3.05) is 43.4 Å². The first-order chi connectivity index (χ1) is 18.9. The quantitative estimate of drug-likeness (QED) is 0.303. The van der Waals surface area contributed by atoms with Gasteiger partial charge in [-0.05, 0) is 25.1 Å². The first-order valence-corrected chi connectivity index (χ1v) is 12.9. The molecule has 11 nitrogen and oxygen atoms in total. The monoisotopic (exact) mass is 528 g/mol. The first-order valence-electron chi connectivity index (χ1n) is 12.9. The molecule has 3 N–H and O–H groups in total. The number of nitrogens with zero attached hydrogens (tertiary/aromatic N) is 7. The van der Waals surface area contributed by atoms with E-state index in [1.807, 2.05) is 19.9 Å². The number of likely N-dealkylation sites (N-methyl/N-ethyl adjacent to an activating group) is 1. The minimum absolute atomic E-state index is 0.121. The SMILES string of the molecule is CC(C)CC(=O)Nc1cncc(-c2cnc3n[nH]c(-c4nc5nccc(N6CCN(C)CC6)c5[nH]4)c3c2F)c1. The lowest BCUT2D eigenvalue weighted by molar-refractivity contribution is -0.116. The van der Waals surface area contributed by atoms with Crippen LogP contribution in [0, 0.1) is 11.7 Å². The molecular formula is C27H29FN10O. The molecule has 1 saturated heterocycles. The number of amides is 1. The van der Waals surface area contributed by atoms with Crippen molar-refractivity contribution in [1.82, 2.24) is 40.0 Å². The zero-order valence-electron chi connectivity index (χ0n) is 22.0. The largest absolute Gasteiger partial charge is 0.367 e. The first kappa shape index (κ1) is 24.9. The summed E-state index contributed by atoms with van der Waals surface area (Å²) in [4.78, 5) is 37.9. The molecule has 1 aliphatic rings. The van der Waals surface area contributed by atoms with E-state index in [0.29, 0.717) is 34.8 Å². The number of piperazine rings is 1. The van der Waals surface area contributed by atoms with Crippen molar-refractivity contribution in [2.24, 2.45) is 5.92 Å². The molecule has 5 aromatic rings. The van der Waals surface area contributed by atoms with Crippen molar-refractivity contribution in [3.05, 3.63) is 42.7 Å². The summed E-state index contributed by atoms with van der Waals surface area (Å²) in [6, 6.07) is 3.66. The summed E-state index contributed by atoms with van der Waals surface area (Å²) in [5.41, 5.74) is 4.18. The van der Waals surface area contributed by atoms with Gasteiger partial charge < -0.3 is 20.1 Å². The summed E-state index contributed by atoms with van der Waals surface area (Å²) in [5, 5.41) is 10.2. The van der Waals surface area contributed by atoms with Crippen molar-refractivity contribution in [3.63, 3.8) is 0 Å². The minimum Gasteiger partial charge on any atom is -0.367 e. The van der Waals surface area contributed by atoms with E-state index < -0.39 is 5.82 Å². The number of anilines is 2. The van der Waals surface area contributed by atoms with Gasteiger partial charge in [-0.15, -0.1) is 0 Å². The van der Waals surface area contributed by atoms with Gasteiger partial charge in [0.15, 0.2) is 17.1 Å². The third kappa shape index (κ3) is 4.78. The Morgan fingerprint density at radius 3 is 2.74 bits per heavy atom. The molecule has 0 spiro atoms. The molecule has 200 valence electrons. The molecule has 0 unspecified atom stereocenters. The minimum atomic E-state index is -0.510. The number of carbonyl (C=O) groups is 1. The Labute approximate surface area is 223 Å². The standard InChI is InChI=1S/C27H29FN10O/c1-15(2)10-20(39)32-17-11-16(12-29-13-17)18-14-31-25-21(22(18)28)24(35-36-25)27-33-23-19(4-5-30-26(23)34-27)38-8-6-37(3)7-9-38/h4-5,11-15H,6-10H2,1-3H3,(H,32,39)(H,30,33,34)(H,31,35,36). The van der Waals surface area contributed by atoms with E-state index in [9.17, 15) is 4.79 Å². The summed E-state index contributed by atoms with van der Waals surface area (Å²) in [7, 11) is 2.11. The van der Waals surface area contributed by atoms with E-state index >= 15 is 4.39 Å². The molecule has 1 fully saturated rings. The molecule has 12 heteroatoms. The maximum atomic E-state index is 16.1. The number of hydrogen-bond donors (Lipinski definition) is 3. The van der Waals surface area contributed by atoms with Gasteiger partial charge in [-0.2, -0.15) is 5.10 Å². The third-order valence-electron chi connectivity index (χ3n) is 6.90. The van der Waals surface area contributed by atoms with Crippen molar-refractivity contribution in [2.45, 2.75) is 20.3 Å². The number of halogens is 1. The molecule has 6 heterocycles. The van der Waals surface area contributed by atoms with E-state index in [1.54, 1.807) is 12.3 Å². The average molecular weight is 529 g/mol. The van der Waals surface area contributed by atoms with Crippen LogP contribution >= 0.6 is 0 Å². The fourth-order valence-electron chi connectivity index (χ4n) is 4.89. The Bertz CT molecular complexity index is 1670. The zero-order valence-corrected chi connectivity index (χ0v) is 22.0. The van der Waals surface area contributed by atoms with Gasteiger partial charge in [0.1, 0.15) is 17.0 Å². The topological polar surface area (TPSA) is 132 Å². The normalized spacial score (nSPS) is 14.5. The average Bonchev–Trinajstić information content (AvgIpc) is 3.54.